The summed E-state index contributed by atoms with van der Waals surface area (Å²) < 4.78 is 5.29. The number of nitrogens with zero attached hydrogens (tertiary/aromatic N) is 1. The molecular weight excluding hydrogens is 266 g/mol. The van der Waals surface area contributed by atoms with E-state index in [9.17, 15) is 9.59 Å². The second-order valence-electron chi connectivity index (χ2n) is 6.39. The summed E-state index contributed by atoms with van der Waals surface area (Å²) in [5.41, 5.74) is 1.38. The molecular formula is C17H23NO3. The van der Waals surface area contributed by atoms with E-state index in [1.807, 2.05) is 45.0 Å². The molecule has 114 valence electrons. The van der Waals surface area contributed by atoms with Gasteiger partial charge in [-0.15, -0.1) is 0 Å². The van der Waals surface area contributed by atoms with Gasteiger partial charge in [0.1, 0.15) is 5.60 Å². The van der Waals surface area contributed by atoms with Gasteiger partial charge in [0, 0.05) is 18.7 Å². The van der Waals surface area contributed by atoms with E-state index in [4.69, 9.17) is 4.74 Å². The van der Waals surface area contributed by atoms with Gasteiger partial charge in [0.25, 0.3) is 5.91 Å². The highest BCUT2D eigenvalue weighted by molar-refractivity contribution is 5.96. The number of carbonyl (C=O) groups is 2. The van der Waals surface area contributed by atoms with Crippen LogP contribution < -0.4 is 0 Å². The normalized spacial score (nSPS) is 15.4. The van der Waals surface area contributed by atoms with Gasteiger partial charge in [0.15, 0.2) is 0 Å². The van der Waals surface area contributed by atoms with Crippen molar-refractivity contribution in [3.8, 4) is 0 Å². The largest absolute Gasteiger partial charge is 0.460 e. The van der Waals surface area contributed by atoms with Crippen LogP contribution in [-0.4, -0.2) is 35.5 Å². The minimum Gasteiger partial charge on any atom is -0.460 e. The Labute approximate surface area is 126 Å². The van der Waals surface area contributed by atoms with Gasteiger partial charge in [0.05, 0.1) is 6.42 Å². The quantitative estimate of drug-likeness (QED) is 0.804. The monoisotopic (exact) mass is 289 g/mol. The third-order valence-electron chi connectivity index (χ3n) is 3.41. The Morgan fingerprint density at radius 3 is 2.71 bits per heavy atom. The van der Waals surface area contributed by atoms with Crippen molar-refractivity contribution in [1.82, 2.24) is 4.90 Å². The van der Waals surface area contributed by atoms with E-state index < -0.39 is 5.60 Å². The van der Waals surface area contributed by atoms with Gasteiger partial charge in [-0.2, -0.15) is 0 Å². The first-order valence-electron chi connectivity index (χ1n) is 7.46. The summed E-state index contributed by atoms with van der Waals surface area (Å²) in [5.74, 6) is -0.237. The van der Waals surface area contributed by atoms with Crippen LogP contribution in [0.2, 0.25) is 0 Å². The minimum atomic E-state index is -0.480. The summed E-state index contributed by atoms with van der Waals surface area (Å²) in [5, 5.41) is 0. The second kappa shape index (κ2) is 6.29. The molecule has 1 aliphatic rings. The van der Waals surface area contributed by atoms with E-state index in [1.165, 1.54) is 0 Å². The average Bonchev–Trinajstić information content (AvgIpc) is 2.55. The summed E-state index contributed by atoms with van der Waals surface area (Å²) in [7, 11) is 0. The predicted octanol–water partition coefficient (Wildman–Crippen LogP) is 2.81. The van der Waals surface area contributed by atoms with Crippen molar-refractivity contribution in [1.29, 1.82) is 0 Å². The van der Waals surface area contributed by atoms with Crippen molar-refractivity contribution >= 4 is 11.9 Å². The summed E-state index contributed by atoms with van der Waals surface area (Å²) in [6.07, 6.45) is 2.08. The molecule has 0 fully saturated rings. The average molecular weight is 289 g/mol. The molecule has 1 aromatic rings. The fourth-order valence-electron chi connectivity index (χ4n) is 2.51. The van der Waals surface area contributed by atoms with Gasteiger partial charge < -0.3 is 9.64 Å². The zero-order valence-corrected chi connectivity index (χ0v) is 13.0. The Hall–Kier alpha value is -1.84. The molecule has 0 bridgehead atoms. The number of fused-ring (bicyclic) bond motifs is 1. The smallest absolute Gasteiger partial charge is 0.308 e. The van der Waals surface area contributed by atoms with E-state index >= 15 is 0 Å². The third kappa shape index (κ3) is 4.31. The molecule has 0 saturated carbocycles. The Bertz CT molecular complexity index is 531. The highest BCUT2D eigenvalue weighted by Gasteiger charge is 2.23. The maximum atomic E-state index is 12.5. The van der Waals surface area contributed by atoms with Crippen molar-refractivity contribution in [3.05, 3.63) is 35.4 Å². The topological polar surface area (TPSA) is 46.6 Å². The highest BCUT2D eigenvalue weighted by Crippen LogP contribution is 2.19. The standard InChI is InChI=1S/C17H23NO3/c1-17(2,3)21-15(19)10-12-18-11-6-8-13-7-4-5-9-14(13)16(18)20/h4-5,7,9H,6,8,10-12H2,1-3H3. The van der Waals surface area contributed by atoms with Crippen LogP contribution in [0.1, 0.15) is 49.5 Å². The van der Waals surface area contributed by atoms with E-state index in [2.05, 4.69) is 0 Å². The lowest BCUT2D eigenvalue weighted by molar-refractivity contribution is -0.155. The first kappa shape index (κ1) is 15.5. The van der Waals surface area contributed by atoms with E-state index in [-0.39, 0.29) is 18.3 Å². The van der Waals surface area contributed by atoms with Crippen LogP contribution in [0.4, 0.5) is 0 Å². The molecule has 0 unspecified atom stereocenters. The van der Waals surface area contributed by atoms with Crippen LogP contribution >= 0.6 is 0 Å². The molecule has 0 radical (unpaired) electrons. The van der Waals surface area contributed by atoms with E-state index in [0.717, 1.165) is 24.0 Å². The number of amides is 1. The van der Waals surface area contributed by atoms with E-state index in [0.29, 0.717) is 13.1 Å². The Morgan fingerprint density at radius 2 is 2.00 bits per heavy atom. The number of esters is 1. The van der Waals surface area contributed by atoms with Gasteiger partial charge in [0.2, 0.25) is 0 Å². The molecule has 21 heavy (non-hydrogen) atoms. The van der Waals surface area contributed by atoms with Crippen molar-refractivity contribution < 1.29 is 14.3 Å². The zero-order valence-electron chi connectivity index (χ0n) is 13.0. The molecule has 1 aliphatic heterocycles. The maximum absolute atomic E-state index is 12.5. The molecule has 1 amide bonds. The Kier molecular flexibility index (Phi) is 4.66. The van der Waals surface area contributed by atoms with E-state index in [1.54, 1.807) is 4.90 Å². The van der Waals surface area contributed by atoms with Gasteiger partial charge in [-0.1, -0.05) is 18.2 Å². The fourth-order valence-corrected chi connectivity index (χ4v) is 2.51. The van der Waals surface area contributed by atoms with Gasteiger partial charge in [-0.3, -0.25) is 9.59 Å². The molecule has 0 N–H and O–H groups in total. The number of benzene rings is 1. The second-order valence-corrected chi connectivity index (χ2v) is 6.39. The summed E-state index contributed by atoms with van der Waals surface area (Å²) in [6.45, 7) is 6.65. The number of ether oxygens (including phenoxy) is 1. The van der Waals surface area contributed by atoms with Crippen molar-refractivity contribution in [3.63, 3.8) is 0 Å². The molecule has 1 heterocycles. The zero-order chi connectivity index (χ0) is 15.5. The number of aryl methyl sites for hydroxylation is 1. The lowest BCUT2D eigenvalue weighted by atomic mass is 10.0. The molecule has 1 aromatic carbocycles. The van der Waals surface area contributed by atoms with Crippen LogP contribution in [0, 0.1) is 0 Å². The van der Waals surface area contributed by atoms with Crippen LogP contribution in [0.25, 0.3) is 0 Å². The fraction of sp³-hybridized carbons (Fsp3) is 0.529. The predicted molar refractivity (Wildman–Crippen MR) is 81.1 cm³/mol. The summed E-state index contributed by atoms with van der Waals surface area (Å²) >= 11 is 0. The van der Waals surface area contributed by atoms with Crippen molar-refractivity contribution in [2.45, 2.75) is 45.6 Å². The molecule has 0 aliphatic carbocycles. The Morgan fingerprint density at radius 1 is 1.29 bits per heavy atom. The lowest BCUT2D eigenvalue weighted by Gasteiger charge is -2.23. The highest BCUT2D eigenvalue weighted by atomic mass is 16.6. The molecule has 4 heteroatoms. The number of rotatable bonds is 3. The molecule has 0 atom stereocenters. The van der Waals surface area contributed by atoms with Crippen LogP contribution in [-0.2, 0) is 16.0 Å². The summed E-state index contributed by atoms with van der Waals surface area (Å²) in [6, 6.07) is 7.71. The Balaban J connectivity index is 1.98. The van der Waals surface area contributed by atoms with Crippen molar-refractivity contribution in [2.24, 2.45) is 0 Å². The molecule has 0 spiro atoms. The number of carbonyl (C=O) groups excluding carboxylic acids is 2. The van der Waals surface area contributed by atoms with Crippen molar-refractivity contribution in [2.75, 3.05) is 13.1 Å². The van der Waals surface area contributed by atoms with Crippen LogP contribution in [0.5, 0.6) is 0 Å². The molecule has 0 aromatic heterocycles. The van der Waals surface area contributed by atoms with Crippen LogP contribution in [0.3, 0.4) is 0 Å². The SMILES string of the molecule is CC(C)(C)OC(=O)CCN1CCCc2ccccc2C1=O. The maximum Gasteiger partial charge on any atom is 0.308 e. The van der Waals surface area contributed by atoms with Gasteiger partial charge in [-0.05, 0) is 45.2 Å². The first-order valence-corrected chi connectivity index (χ1v) is 7.46. The number of hydrogen-bond acceptors (Lipinski definition) is 3. The van der Waals surface area contributed by atoms with Gasteiger partial charge >= 0.3 is 5.97 Å². The molecule has 0 saturated heterocycles. The number of hydrogen-bond donors (Lipinski definition) is 0. The lowest BCUT2D eigenvalue weighted by Crippen LogP contribution is -2.34. The first-order chi connectivity index (χ1) is 9.87. The third-order valence-corrected chi connectivity index (χ3v) is 3.41. The van der Waals surface area contributed by atoms with Gasteiger partial charge in [-0.25, -0.2) is 0 Å². The minimum absolute atomic E-state index is 0.0201. The van der Waals surface area contributed by atoms with Crippen LogP contribution in [0.15, 0.2) is 24.3 Å². The molecule has 4 nitrogen and oxygen atoms in total. The molecule has 2 rings (SSSR count). The summed E-state index contributed by atoms with van der Waals surface area (Å²) in [4.78, 5) is 26.0.